The van der Waals surface area contributed by atoms with E-state index in [0.717, 1.165) is 22.9 Å². The van der Waals surface area contributed by atoms with Crippen molar-refractivity contribution in [2.75, 3.05) is 11.3 Å². The number of ether oxygens (including phenoxy) is 1. The molecule has 2 aromatic carbocycles. The Kier molecular flexibility index (Phi) is 10.2. The van der Waals surface area contributed by atoms with Crippen LogP contribution in [0.5, 0.6) is 5.75 Å². The molecule has 0 aromatic heterocycles. The summed E-state index contributed by atoms with van der Waals surface area (Å²) in [4.78, 5) is 0. The molecule has 2 aromatic rings. The van der Waals surface area contributed by atoms with Crippen LogP contribution in [0.15, 0.2) is 36.4 Å². The maximum absolute atomic E-state index is 10.9. The quantitative estimate of drug-likeness (QED) is 0.302. The van der Waals surface area contributed by atoms with Gasteiger partial charge in [-0.3, -0.25) is 4.21 Å². The molecule has 0 spiro atoms. The van der Waals surface area contributed by atoms with Gasteiger partial charge in [-0.1, -0.05) is 89.0 Å². The van der Waals surface area contributed by atoms with Crippen LogP contribution in [0.1, 0.15) is 71.1 Å². The third-order valence-electron chi connectivity index (χ3n) is 4.83. The number of hydrogen-bond acceptors (Lipinski definition) is 3. The molecule has 0 aliphatic carbocycles. The zero-order chi connectivity index (χ0) is 19.3. The van der Waals surface area contributed by atoms with Gasteiger partial charge in [0, 0.05) is 22.0 Å². The minimum absolute atomic E-state index is 0.574. The molecule has 1 unspecified atom stereocenters. The van der Waals surface area contributed by atoms with Crippen molar-refractivity contribution in [2.24, 2.45) is 0 Å². The van der Waals surface area contributed by atoms with Gasteiger partial charge in [0.2, 0.25) is 0 Å². The van der Waals surface area contributed by atoms with Gasteiger partial charge in [0.25, 0.3) is 0 Å². The van der Waals surface area contributed by atoms with Crippen LogP contribution >= 0.6 is 0 Å². The molecule has 27 heavy (non-hydrogen) atoms. The van der Waals surface area contributed by atoms with Gasteiger partial charge < -0.3 is 14.0 Å². The predicted molar refractivity (Wildman–Crippen MR) is 114 cm³/mol. The first-order valence-corrected chi connectivity index (χ1v) is 11.3. The summed E-state index contributed by atoms with van der Waals surface area (Å²) in [6.07, 6.45) is 13.0. The van der Waals surface area contributed by atoms with Gasteiger partial charge in [0.05, 0.1) is 12.3 Å². The van der Waals surface area contributed by atoms with Gasteiger partial charge in [0.1, 0.15) is 5.75 Å². The molecule has 1 atom stereocenters. The highest BCUT2D eigenvalue weighted by Gasteiger charge is 2.06. The van der Waals surface area contributed by atoms with Crippen molar-refractivity contribution in [2.45, 2.75) is 71.1 Å². The largest absolute Gasteiger partial charge is 0.755 e. The smallest absolute Gasteiger partial charge is 0.127 e. The van der Waals surface area contributed by atoms with Gasteiger partial charge in [-0.25, -0.2) is 0 Å². The second-order valence-corrected chi connectivity index (χ2v) is 7.70. The normalized spacial score (nSPS) is 12.2. The van der Waals surface area contributed by atoms with Crippen molar-refractivity contribution in [3.63, 3.8) is 0 Å². The Morgan fingerprint density at radius 1 is 0.852 bits per heavy atom. The number of nitrogens with one attached hydrogen (secondary N) is 1. The molecular formula is C22H32NO3S-. The summed E-state index contributed by atoms with van der Waals surface area (Å²) < 4.78 is 30.3. The van der Waals surface area contributed by atoms with Crippen LogP contribution in [-0.2, 0) is 11.3 Å². The number of anilines is 1. The summed E-state index contributed by atoms with van der Waals surface area (Å²) >= 11 is -2.33. The minimum Gasteiger partial charge on any atom is -0.755 e. The van der Waals surface area contributed by atoms with Crippen LogP contribution in [0.4, 0.5) is 5.69 Å². The molecule has 1 N–H and O–H groups in total. The molecule has 150 valence electrons. The molecule has 5 heteroatoms. The molecule has 0 radical (unpaired) electrons. The van der Waals surface area contributed by atoms with E-state index in [4.69, 9.17) is 4.74 Å². The number of benzene rings is 2. The highest BCUT2D eigenvalue weighted by Crippen LogP contribution is 2.32. The zero-order valence-corrected chi connectivity index (χ0v) is 17.2. The van der Waals surface area contributed by atoms with Crippen molar-refractivity contribution in [1.29, 1.82) is 0 Å². The van der Waals surface area contributed by atoms with Crippen LogP contribution in [0, 0.1) is 0 Å². The predicted octanol–water partition coefficient (Wildman–Crippen LogP) is 6.35. The monoisotopic (exact) mass is 390 g/mol. The molecule has 0 aliphatic heterocycles. The first-order chi connectivity index (χ1) is 13.2. The fourth-order valence-corrected chi connectivity index (χ4v) is 3.71. The summed E-state index contributed by atoms with van der Waals surface area (Å²) in [6, 6.07) is 11.3. The number of fused-ring (bicyclic) bond motifs is 1. The Hall–Kier alpha value is -1.59. The summed E-state index contributed by atoms with van der Waals surface area (Å²) in [7, 11) is 0. The van der Waals surface area contributed by atoms with Crippen molar-refractivity contribution >= 4 is 27.7 Å². The molecule has 0 heterocycles. The summed E-state index contributed by atoms with van der Waals surface area (Å²) in [6.45, 7) is 2.95. The third kappa shape index (κ3) is 7.89. The molecule has 0 aliphatic rings. The third-order valence-corrected chi connectivity index (χ3v) is 5.22. The lowest BCUT2D eigenvalue weighted by Crippen LogP contribution is -2.03. The number of rotatable bonds is 14. The summed E-state index contributed by atoms with van der Waals surface area (Å²) in [5, 5.41) is 1.78. The van der Waals surface area contributed by atoms with E-state index in [1.807, 2.05) is 30.3 Å². The van der Waals surface area contributed by atoms with E-state index < -0.39 is 11.3 Å². The fourth-order valence-electron chi connectivity index (χ4n) is 3.35. The minimum atomic E-state index is -2.33. The van der Waals surface area contributed by atoms with E-state index in [1.54, 1.807) is 6.07 Å². The summed E-state index contributed by atoms with van der Waals surface area (Å²) in [5.74, 6) is 0.809. The Labute approximate surface area is 166 Å². The van der Waals surface area contributed by atoms with E-state index in [-0.39, 0.29) is 0 Å². The first kappa shape index (κ1) is 21.7. The van der Waals surface area contributed by atoms with E-state index in [2.05, 4.69) is 11.6 Å². The zero-order valence-electron chi connectivity index (χ0n) is 16.4. The lowest BCUT2D eigenvalue weighted by molar-refractivity contribution is 0.307. The second-order valence-electron chi connectivity index (χ2n) is 7.02. The van der Waals surface area contributed by atoms with Crippen LogP contribution in [-0.4, -0.2) is 15.4 Å². The highest BCUT2D eigenvalue weighted by molar-refractivity contribution is 7.80. The van der Waals surface area contributed by atoms with E-state index in [0.29, 0.717) is 12.3 Å². The Morgan fingerprint density at radius 2 is 1.44 bits per heavy atom. The van der Waals surface area contributed by atoms with E-state index in [9.17, 15) is 8.76 Å². The van der Waals surface area contributed by atoms with Gasteiger partial charge in [0.15, 0.2) is 0 Å². The Balaban J connectivity index is 1.71. The van der Waals surface area contributed by atoms with Crippen molar-refractivity contribution in [3.8, 4) is 5.75 Å². The van der Waals surface area contributed by atoms with E-state index in [1.165, 1.54) is 57.8 Å². The molecular weight excluding hydrogens is 358 g/mol. The Bertz CT molecular complexity index is 705. The summed E-state index contributed by atoms with van der Waals surface area (Å²) in [5.41, 5.74) is 0.574. The van der Waals surface area contributed by atoms with Crippen LogP contribution in [0.25, 0.3) is 10.8 Å². The lowest BCUT2D eigenvalue weighted by Gasteiger charge is -2.15. The van der Waals surface area contributed by atoms with E-state index >= 15 is 0 Å². The molecule has 0 amide bonds. The Morgan fingerprint density at radius 3 is 2.07 bits per heavy atom. The van der Waals surface area contributed by atoms with Crippen molar-refractivity contribution in [1.82, 2.24) is 0 Å². The number of unbranched alkanes of at least 4 members (excludes halogenated alkanes) is 9. The topological polar surface area (TPSA) is 61.4 Å². The average molecular weight is 391 g/mol. The average Bonchev–Trinajstić information content (AvgIpc) is 2.67. The van der Waals surface area contributed by atoms with Gasteiger partial charge in [-0.2, -0.15) is 0 Å². The SMILES string of the molecule is CCCCCCCCCCCCOc1ccc(NS(=O)[O-])c2ccccc12. The lowest BCUT2D eigenvalue weighted by atomic mass is 10.1. The maximum Gasteiger partial charge on any atom is 0.127 e. The van der Waals surface area contributed by atoms with Gasteiger partial charge in [-0.15, -0.1) is 0 Å². The molecule has 0 fully saturated rings. The molecule has 0 saturated heterocycles. The molecule has 0 saturated carbocycles. The standard InChI is InChI=1S/C22H33NO3S/c1-2-3-4-5-6-7-8-9-10-13-18-26-22-17-16-21(23-27(24)25)19-14-11-12-15-20(19)22/h11-12,14-17,23H,2-10,13,18H2,1H3,(H,24,25)/p-1. The van der Waals surface area contributed by atoms with Crippen molar-refractivity contribution < 1.29 is 13.5 Å². The van der Waals surface area contributed by atoms with Crippen molar-refractivity contribution in [3.05, 3.63) is 36.4 Å². The van der Waals surface area contributed by atoms with Crippen LogP contribution in [0.2, 0.25) is 0 Å². The molecule has 0 bridgehead atoms. The van der Waals surface area contributed by atoms with Crippen LogP contribution in [0.3, 0.4) is 0 Å². The van der Waals surface area contributed by atoms with Crippen LogP contribution < -0.4 is 9.46 Å². The molecule has 4 nitrogen and oxygen atoms in total. The fraction of sp³-hybridized carbons (Fsp3) is 0.545. The van der Waals surface area contributed by atoms with Gasteiger partial charge in [-0.05, 0) is 18.6 Å². The van der Waals surface area contributed by atoms with Gasteiger partial charge >= 0.3 is 0 Å². The molecule has 2 rings (SSSR count). The maximum atomic E-state index is 10.9. The first-order valence-electron chi connectivity index (χ1n) is 10.2. The number of hydrogen-bond donors (Lipinski definition) is 1. The second kappa shape index (κ2) is 12.7. The highest BCUT2D eigenvalue weighted by atomic mass is 32.2.